The fourth-order valence-electron chi connectivity index (χ4n) is 3.32. The highest BCUT2D eigenvalue weighted by Crippen LogP contribution is 2.45. The van der Waals surface area contributed by atoms with Crippen molar-refractivity contribution in [1.82, 2.24) is 0 Å². The predicted molar refractivity (Wildman–Crippen MR) is 91.6 cm³/mol. The second-order valence-corrected chi connectivity index (χ2v) is 8.86. The lowest BCUT2D eigenvalue weighted by Crippen LogP contribution is -2.43. The number of allylic oxidation sites excluding steroid dienone is 2. The zero-order chi connectivity index (χ0) is 20.5. The molecule has 10 heteroatoms. The molecule has 1 saturated carbocycles. The SMILES string of the molecule is CCOCOC1(C)C=C2CC(=CC(C)(C(=O)OCC(F)(F)S(=O)(=O)O)C1)C2. The van der Waals surface area contributed by atoms with Crippen molar-refractivity contribution in [1.29, 1.82) is 0 Å². The number of rotatable bonds is 8. The van der Waals surface area contributed by atoms with E-state index in [4.69, 9.17) is 14.0 Å². The summed E-state index contributed by atoms with van der Waals surface area (Å²) in [4.78, 5) is 12.6. The van der Waals surface area contributed by atoms with Gasteiger partial charge in [-0.25, -0.2) is 0 Å². The van der Waals surface area contributed by atoms with E-state index >= 15 is 0 Å². The summed E-state index contributed by atoms with van der Waals surface area (Å²) in [7, 11) is -5.68. The van der Waals surface area contributed by atoms with Gasteiger partial charge in [0.2, 0.25) is 0 Å². The summed E-state index contributed by atoms with van der Waals surface area (Å²) < 4.78 is 72.3. The molecule has 0 aromatic carbocycles. The van der Waals surface area contributed by atoms with Gasteiger partial charge in [-0.15, -0.1) is 0 Å². The summed E-state index contributed by atoms with van der Waals surface area (Å²) >= 11 is 0. The monoisotopic (exact) mass is 410 g/mol. The second-order valence-electron chi connectivity index (χ2n) is 7.31. The first-order valence-electron chi connectivity index (χ1n) is 8.45. The average Bonchev–Trinajstić information content (AvgIpc) is 2.48. The molecule has 7 nitrogen and oxygen atoms in total. The molecule has 0 amide bonds. The fourth-order valence-corrected chi connectivity index (χ4v) is 3.53. The molecular formula is C17H24F2O7S. The van der Waals surface area contributed by atoms with Gasteiger partial charge in [0.15, 0.2) is 6.61 Å². The first kappa shape index (κ1) is 21.9. The van der Waals surface area contributed by atoms with Crippen molar-refractivity contribution < 1.29 is 40.8 Å². The molecule has 0 radical (unpaired) electrons. The maximum absolute atomic E-state index is 13.4. The van der Waals surface area contributed by atoms with Crippen LogP contribution in [0.5, 0.6) is 0 Å². The third-order valence-electron chi connectivity index (χ3n) is 4.55. The van der Waals surface area contributed by atoms with Gasteiger partial charge in [-0.1, -0.05) is 23.3 Å². The van der Waals surface area contributed by atoms with E-state index in [-0.39, 0.29) is 13.2 Å². The number of alkyl halides is 2. The predicted octanol–water partition coefficient (Wildman–Crippen LogP) is 2.84. The van der Waals surface area contributed by atoms with Gasteiger partial charge in [0.05, 0.1) is 11.0 Å². The van der Waals surface area contributed by atoms with Crippen molar-refractivity contribution in [3.8, 4) is 0 Å². The Labute approximate surface area is 157 Å². The average molecular weight is 410 g/mol. The molecule has 2 unspecified atom stereocenters. The number of hydrogen-bond donors (Lipinski definition) is 1. The van der Waals surface area contributed by atoms with Crippen LogP contribution in [0.3, 0.4) is 0 Å². The van der Waals surface area contributed by atoms with Crippen molar-refractivity contribution in [3.05, 3.63) is 23.3 Å². The highest BCUT2D eigenvalue weighted by atomic mass is 32.2. The van der Waals surface area contributed by atoms with E-state index in [0.717, 1.165) is 11.1 Å². The molecule has 0 saturated heterocycles. The van der Waals surface area contributed by atoms with Gasteiger partial charge in [-0.2, -0.15) is 17.2 Å². The molecule has 27 heavy (non-hydrogen) atoms. The van der Waals surface area contributed by atoms with Gasteiger partial charge in [-0.3, -0.25) is 9.35 Å². The maximum atomic E-state index is 13.4. The van der Waals surface area contributed by atoms with Crippen LogP contribution in [0.25, 0.3) is 0 Å². The van der Waals surface area contributed by atoms with Gasteiger partial charge in [0.25, 0.3) is 0 Å². The van der Waals surface area contributed by atoms with E-state index in [2.05, 4.69) is 4.74 Å². The number of carbonyl (C=O) groups is 1. The molecule has 2 bridgehead atoms. The van der Waals surface area contributed by atoms with Crippen LogP contribution in [0, 0.1) is 5.41 Å². The van der Waals surface area contributed by atoms with Crippen molar-refractivity contribution in [2.24, 2.45) is 5.41 Å². The Bertz CT molecular complexity index is 749. The van der Waals surface area contributed by atoms with E-state index in [9.17, 15) is 22.0 Å². The van der Waals surface area contributed by atoms with E-state index in [1.807, 2.05) is 6.08 Å². The highest BCUT2D eigenvalue weighted by molar-refractivity contribution is 7.86. The molecule has 1 fully saturated rings. The molecule has 3 rings (SSSR count). The quantitative estimate of drug-likeness (QED) is 0.216. The normalized spacial score (nSPS) is 28.4. The van der Waals surface area contributed by atoms with Crippen LogP contribution in [-0.4, -0.2) is 49.8 Å². The molecule has 0 aromatic rings. The molecule has 0 aliphatic heterocycles. The van der Waals surface area contributed by atoms with Crippen LogP contribution >= 0.6 is 0 Å². The number of carbonyl (C=O) groups excluding carboxylic acids is 1. The van der Waals surface area contributed by atoms with E-state index in [1.165, 1.54) is 6.92 Å². The van der Waals surface area contributed by atoms with Crippen molar-refractivity contribution in [2.75, 3.05) is 20.0 Å². The molecule has 3 aliphatic rings. The van der Waals surface area contributed by atoms with Gasteiger partial charge in [0.1, 0.15) is 6.79 Å². The third kappa shape index (κ3) is 5.13. The Morgan fingerprint density at radius 2 is 1.85 bits per heavy atom. The Hall–Kier alpha value is -1.36. The summed E-state index contributed by atoms with van der Waals surface area (Å²) in [5, 5.41) is -4.58. The smallest absolute Gasteiger partial charge is 0.402 e. The molecular weight excluding hydrogens is 386 g/mol. The minimum absolute atomic E-state index is 0.000688. The lowest BCUT2D eigenvalue weighted by atomic mass is 9.69. The van der Waals surface area contributed by atoms with Crippen LogP contribution in [0.15, 0.2) is 23.3 Å². The minimum atomic E-state index is -5.68. The van der Waals surface area contributed by atoms with E-state index in [1.54, 1.807) is 19.9 Å². The lowest BCUT2D eigenvalue weighted by Gasteiger charge is -2.40. The van der Waals surface area contributed by atoms with Gasteiger partial charge in [0, 0.05) is 6.61 Å². The van der Waals surface area contributed by atoms with Gasteiger partial charge >= 0.3 is 21.3 Å². The zero-order valence-electron chi connectivity index (χ0n) is 15.5. The number of ether oxygens (including phenoxy) is 3. The first-order chi connectivity index (χ1) is 12.3. The summed E-state index contributed by atoms with van der Waals surface area (Å²) in [6.45, 7) is 3.77. The molecule has 0 spiro atoms. The Morgan fingerprint density at radius 3 is 2.41 bits per heavy atom. The Morgan fingerprint density at radius 1 is 1.26 bits per heavy atom. The van der Waals surface area contributed by atoms with Gasteiger partial charge < -0.3 is 14.2 Å². The van der Waals surface area contributed by atoms with E-state index in [0.29, 0.717) is 19.4 Å². The number of halogens is 2. The summed E-state index contributed by atoms with van der Waals surface area (Å²) in [5.74, 6) is -1.02. The standard InChI is InChI=1S/C17H24F2O7S/c1-4-24-11-26-16(3)8-13-5-12(6-13)7-15(2,9-16)14(20)25-10-17(18,19)27(21,22)23/h7-8H,4-6,9-11H2,1-3H3,(H,21,22,23). The highest BCUT2D eigenvalue weighted by Gasteiger charge is 2.48. The van der Waals surface area contributed by atoms with Crippen LogP contribution in [0.2, 0.25) is 0 Å². The largest absolute Gasteiger partial charge is 0.457 e. The lowest BCUT2D eigenvalue weighted by molar-refractivity contribution is -0.165. The maximum Gasteiger partial charge on any atom is 0.402 e. The molecule has 154 valence electrons. The Kier molecular flexibility index (Phi) is 6.15. The van der Waals surface area contributed by atoms with Crippen LogP contribution < -0.4 is 0 Å². The van der Waals surface area contributed by atoms with Crippen LogP contribution in [0.4, 0.5) is 8.78 Å². The molecule has 1 N–H and O–H groups in total. The van der Waals surface area contributed by atoms with Crippen molar-refractivity contribution in [3.63, 3.8) is 0 Å². The van der Waals surface area contributed by atoms with Crippen molar-refractivity contribution in [2.45, 2.75) is 50.9 Å². The van der Waals surface area contributed by atoms with E-state index < -0.39 is 39.0 Å². The first-order valence-corrected chi connectivity index (χ1v) is 9.89. The minimum Gasteiger partial charge on any atom is -0.457 e. The zero-order valence-corrected chi connectivity index (χ0v) is 16.3. The summed E-state index contributed by atoms with van der Waals surface area (Å²) in [6.07, 6.45) is 4.96. The molecule has 2 atom stereocenters. The molecule has 3 aliphatic carbocycles. The fraction of sp³-hybridized carbons (Fsp3) is 0.706. The molecule has 0 heterocycles. The summed E-state index contributed by atoms with van der Waals surface area (Å²) in [6, 6.07) is 0. The van der Waals surface area contributed by atoms with Crippen LogP contribution in [-0.2, 0) is 29.1 Å². The number of esters is 1. The molecule has 0 aromatic heterocycles. The second kappa shape index (κ2) is 7.57. The van der Waals surface area contributed by atoms with Crippen LogP contribution in [0.1, 0.15) is 40.0 Å². The number of fused-ring (bicyclic) bond motifs is 4. The Balaban J connectivity index is 2.18. The van der Waals surface area contributed by atoms with Crippen molar-refractivity contribution >= 4 is 16.1 Å². The topological polar surface area (TPSA) is 99.1 Å². The van der Waals surface area contributed by atoms with Gasteiger partial charge in [-0.05, 0) is 40.0 Å². The number of hydrogen-bond acceptors (Lipinski definition) is 6. The summed E-state index contributed by atoms with van der Waals surface area (Å²) in [5.41, 5.74) is -0.0944. The third-order valence-corrected chi connectivity index (χ3v) is 5.42.